The Labute approximate surface area is 484 Å². The molecule has 6 N–H and O–H groups in total. The van der Waals surface area contributed by atoms with E-state index >= 15 is 0 Å². The number of allylic oxidation sites excluding steroid dienone is 9. The Balaban J connectivity index is 2.62. The van der Waals surface area contributed by atoms with Gasteiger partial charge in [-0.3, -0.25) is 9.59 Å². The minimum atomic E-state index is -1.62. The molecular weight excluding hydrogens is 991 g/mol. The summed E-state index contributed by atoms with van der Waals surface area (Å²) in [5.41, 5.74) is 0. The first-order valence-electron chi connectivity index (χ1n) is 33.1. The lowest BCUT2D eigenvalue weighted by atomic mass is 9.99. The number of hydrogen-bond donors (Lipinski definition) is 6. The molecule has 0 radical (unpaired) electrons. The van der Waals surface area contributed by atoms with Crippen molar-refractivity contribution in [3.05, 3.63) is 60.8 Å². The van der Waals surface area contributed by atoms with E-state index in [1.165, 1.54) is 167 Å². The normalized spacial score (nSPS) is 19.2. The van der Waals surface area contributed by atoms with Crippen LogP contribution in [0.15, 0.2) is 60.8 Å². The van der Waals surface area contributed by atoms with E-state index in [0.29, 0.717) is 12.8 Å². The zero-order valence-electron chi connectivity index (χ0n) is 51.0. The molecule has 1 rings (SSSR count). The largest absolute Gasteiger partial charge is 0.454 e. The molecule has 0 aromatic rings. The van der Waals surface area contributed by atoms with Crippen LogP contribution in [0.4, 0.5) is 0 Å². The molecule has 0 spiro atoms. The number of hydrogen-bond acceptors (Lipinski definition) is 10. The second-order valence-corrected chi connectivity index (χ2v) is 22.8. The second kappa shape index (κ2) is 55.9. The smallest absolute Gasteiger partial charge is 0.306 e. The van der Waals surface area contributed by atoms with Crippen molar-refractivity contribution in [2.45, 2.75) is 346 Å². The third kappa shape index (κ3) is 43.7. The van der Waals surface area contributed by atoms with Gasteiger partial charge in [-0.25, -0.2) is 0 Å². The van der Waals surface area contributed by atoms with Gasteiger partial charge in [0.25, 0.3) is 0 Å². The molecule has 11 nitrogen and oxygen atoms in total. The zero-order chi connectivity index (χ0) is 57.5. The topological polar surface area (TPSA) is 175 Å². The van der Waals surface area contributed by atoms with E-state index in [9.17, 15) is 35.1 Å². The summed E-state index contributed by atoms with van der Waals surface area (Å²) in [7, 11) is 0. The SMILES string of the molecule is CCCCC/C=C\C/C=C\C/C=C\CCCCCCC(=O)OC1C(OCC(NC(=O)C(O)CCCCCCCCCCCCCC/C=C/CCCCCCCC)C(O)/C=C/CCCCCCCCCCC)OC(CO)C(O)C1O. The molecule has 1 saturated heterocycles. The van der Waals surface area contributed by atoms with E-state index in [1.807, 2.05) is 6.08 Å². The van der Waals surface area contributed by atoms with E-state index in [4.69, 9.17) is 14.2 Å². The first-order valence-corrected chi connectivity index (χ1v) is 33.1. The number of aliphatic hydroxyl groups excluding tert-OH is 5. The van der Waals surface area contributed by atoms with Crippen molar-refractivity contribution in [1.82, 2.24) is 5.32 Å². The summed E-state index contributed by atoms with van der Waals surface area (Å²) >= 11 is 0. The number of aliphatic hydroxyl groups is 5. The highest BCUT2D eigenvalue weighted by atomic mass is 16.7. The number of nitrogens with one attached hydrogen (secondary N) is 1. The van der Waals surface area contributed by atoms with Gasteiger partial charge < -0.3 is 45.1 Å². The van der Waals surface area contributed by atoms with Crippen LogP contribution in [0.2, 0.25) is 0 Å². The molecule has 0 aromatic carbocycles. The molecular formula is C68H123NO10. The Morgan fingerprint density at radius 2 is 0.873 bits per heavy atom. The molecule has 79 heavy (non-hydrogen) atoms. The van der Waals surface area contributed by atoms with Crippen LogP contribution in [0.25, 0.3) is 0 Å². The molecule has 460 valence electrons. The number of esters is 1. The van der Waals surface area contributed by atoms with Gasteiger partial charge in [-0.05, 0) is 89.9 Å². The van der Waals surface area contributed by atoms with Crippen molar-refractivity contribution < 1.29 is 49.3 Å². The summed E-state index contributed by atoms with van der Waals surface area (Å²) < 4.78 is 17.6. The van der Waals surface area contributed by atoms with E-state index in [0.717, 1.165) is 83.5 Å². The molecule has 0 aliphatic carbocycles. The fourth-order valence-corrected chi connectivity index (χ4v) is 10.1. The molecule has 1 fully saturated rings. The van der Waals surface area contributed by atoms with Gasteiger partial charge in [-0.1, -0.05) is 261 Å². The van der Waals surface area contributed by atoms with Crippen LogP contribution in [-0.4, -0.2) is 99.6 Å². The van der Waals surface area contributed by atoms with Gasteiger partial charge >= 0.3 is 5.97 Å². The van der Waals surface area contributed by atoms with Gasteiger partial charge in [0.2, 0.25) is 5.91 Å². The highest BCUT2D eigenvalue weighted by molar-refractivity contribution is 5.80. The third-order valence-electron chi connectivity index (χ3n) is 15.4. The minimum absolute atomic E-state index is 0.0976. The average Bonchev–Trinajstić information content (AvgIpc) is 3.47. The fraction of sp³-hybridized carbons (Fsp3) is 0.824. The summed E-state index contributed by atoms with van der Waals surface area (Å²) in [4.78, 5) is 26.6. The van der Waals surface area contributed by atoms with Crippen molar-refractivity contribution >= 4 is 11.9 Å². The second-order valence-electron chi connectivity index (χ2n) is 22.8. The van der Waals surface area contributed by atoms with Crippen LogP contribution in [0, 0.1) is 0 Å². The van der Waals surface area contributed by atoms with Gasteiger partial charge in [-0.15, -0.1) is 0 Å². The highest BCUT2D eigenvalue weighted by Gasteiger charge is 2.47. The molecule has 1 heterocycles. The molecule has 8 unspecified atom stereocenters. The predicted octanol–water partition coefficient (Wildman–Crippen LogP) is 16.2. The maximum Gasteiger partial charge on any atom is 0.306 e. The van der Waals surface area contributed by atoms with Gasteiger partial charge in [-0.2, -0.15) is 0 Å². The Bertz CT molecular complexity index is 1510. The molecule has 8 atom stereocenters. The first kappa shape index (κ1) is 74.4. The van der Waals surface area contributed by atoms with Crippen LogP contribution in [0.5, 0.6) is 0 Å². The first-order chi connectivity index (χ1) is 38.7. The van der Waals surface area contributed by atoms with E-state index < -0.39 is 67.4 Å². The monoisotopic (exact) mass is 1110 g/mol. The van der Waals surface area contributed by atoms with Crippen LogP contribution in [0.3, 0.4) is 0 Å². The molecule has 11 heteroatoms. The van der Waals surface area contributed by atoms with E-state index in [2.05, 4.69) is 74.7 Å². The fourth-order valence-electron chi connectivity index (χ4n) is 10.1. The maximum absolute atomic E-state index is 13.4. The van der Waals surface area contributed by atoms with Gasteiger partial charge in [0, 0.05) is 6.42 Å². The molecule has 1 aliphatic heterocycles. The van der Waals surface area contributed by atoms with Gasteiger partial charge in [0.05, 0.1) is 25.4 Å². The number of carbonyl (C=O) groups excluding carboxylic acids is 2. The summed E-state index contributed by atoms with van der Waals surface area (Å²) in [6, 6.07) is -1.03. The molecule has 0 bridgehead atoms. The number of ether oxygens (including phenoxy) is 3. The Morgan fingerprint density at radius 1 is 0.494 bits per heavy atom. The van der Waals surface area contributed by atoms with Crippen molar-refractivity contribution in [2.24, 2.45) is 0 Å². The van der Waals surface area contributed by atoms with Crippen LogP contribution in [0.1, 0.15) is 297 Å². The minimum Gasteiger partial charge on any atom is -0.454 e. The maximum atomic E-state index is 13.4. The van der Waals surface area contributed by atoms with Crippen LogP contribution < -0.4 is 5.32 Å². The number of unbranched alkanes of at least 4 members (excludes halogenated alkanes) is 34. The van der Waals surface area contributed by atoms with Crippen molar-refractivity contribution in [2.75, 3.05) is 13.2 Å². The van der Waals surface area contributed by atoms with Gasteiger partial charge in [0.15, 0.2) is 12.4 Å². The molecule has 1 aliphatic rings. The molecule has 0 aromatic heterocycles. The lowest BCUT2D eigenvalue weighted by Gasteiger charge is -2.41. The van der Waals surface area contributed by atoms with E-state index in [1.54, 1.807) is 6.08 Å². The summed E-state index contributed by atoms with van der Waals surface area (Å²) in [5.74, 6) is -1.21. The van der Waals surface area contributed by atoms with Crippen LogP contribution in [-0.2, 0) is 23.8 Å². The van der Waals surface area contributed by atoms with Crippen LogP contribution >= 0.6 is 0 Å². The van der Waals surface area contributed by atoms with Crippen molar-refractivity contribution in [3.63, 3.8) is 0 Å². The standard InChI is InChI=1S/C68H123NO10/c1-4-7-10-13-16-19-22-24-26-28-29-30-31-32-34-35-37-40-43-46-49-52-55-61(72)67(76)69-59(60(71)54-51-48-45-42-39-21-18-15-12-9-6-3)58-77-68-66(65(75)64(74)62(57-70)78-68)79-63(73)56-53-50-47-44-41-38-36-33-27-25-23-20-17-14-11-8-5-2/h17,20,24-27,36,38,51,54,59-62,64-66,68,70-72,74-75H,4-16,18-19,21-23,28-35,37,39-50,52-53,55-58H2,1-3H3,(H,69,76)/b20-17-,26-24+,27-25-,38-36-,54-51+. The number of amides is 1. The lowest BCUT2D eigenvalue weighted by Crippen LogP contribution is -2.61. The number of rotatable bonds is 56. The van der Waals surface area contributed by atoms with E-state index in [-0.39, 0.29) is 19.4 Å². The van der Waals surface area contributed by atoms with Gasteiger partial charge in [0.1, 0.15) is 24.4 Å². The summed E-state index contributed by atoms with van der Waals surface area (Å²) in [6.07, 6.45) is 59.8. The Kier molecular flexibility index (Phi) is 52.6. The Morgan fingerprint density at radius 3 is 1.34 bits per heavy atom. The Hall–Kier alpha value is -2.64. The quantitative estimate of drug-likeness (QED) is 0.0195. The van der Waals surface area contributed by atoms with Crippen molar-refractivity contribution in [3.8, 4) is 0 Å². The average molecular weight is 1110 g/mol. The lowest BCUT2D eigenvalue weighted by molar-refractivity contribution is -0.305. The number of carbonyl (C=O) groups is 2. The molecule has 0 saturated carbocycles. The zero-order valence-corrected chi connectivity index (χ0v) is 51.0. The summed E-state index contributed by atoms with van der Waals surface area (Å²) in [6.45, 7) is 5.76. The third-order valence-corrected chi connectivity index (χ3v) is 15.4. The van der Waals surface area contributed by atoms with Crippen molar-refractivity contribution in [1.29, 1.82) is 0 Å². The molecule has 1 amide bonds. The highest BCUT2D eigenvalue weighted by Crippen LogP contribution is 2.26. The predicted molar refractivity (Wildman–Crippen MR) is 329 cm³/mol. The summed E-state index contributed by atoms with van der Waals surface area (Å²) in [5, 5.41) is 57.0.